The van der Waals surface area contributed by atoms with Crippen LogP contribution in [-0.2, 0) is 0 Å². The zero-order valence-corrected chi connectivity index (χ0v) is 8.62. The number of hydrogen-bond donors (Lipinski definition) is 1. The molecule has 0 saturated heterocycles. The standard InChI is InChI=1S/C12H11ClO/c1-8(14)12-10-5-3-2-4-9(10)6-7-11(12)13/h2-8,14H,1H3/t8-/m0/s1. The lowest BCUT2D eigenvalue weighted by atomic mass is 10.0. The van der Waals surface area contributed by atoms with E-state index in [-0.39, 0.29) is 0 Å². The first-order valence-corrected chi connectivity index (χ1v) is 4.93. The van der Waals surface area contributed by atoms with Gasteiger partial charge in [-0.05, 0) is 23.8 Å². The number of aliphatic hydroxyl groups is 1. The fourth-order valence-corrected chi connectivity index (χ4v) is 2.02. The Kier molecular flexibility index (Phi) is 2.44. The molecule has 0 spiro atoms. The fraction of sp³-hybridized carbons (Fsp3) is 0.167. The minimum absolute atomic E-state index is 0.534. The van der Waals surface area contributed by atoms with Crippen molar-refractivity contribution in [1.29, 1.82) is 0 Å². The smallest absolute Gasteiger partial charge is 0.0782 e. The number of benzene rings is 2. The monoisotopic (exact) mass is 206 g/mol. The summed E-state index contributed by atoms with van der Waals surface area (Å²) >= 11 is 6.04. The molecule has 0 aromatic heterocycles. The molecule has 0 radical (unpaired) electrons. The van der Waals surface area contributed by atoms with E-state index in [0.29, 0.717) is 5.02 Å². The molecule has 0 heterocycles. The van der Waals surface area contributed by atoms with Crippen molar-refractivity contribution in [2.45, 2.75) is 13.0 Å². The molecule has 0 aliphatic rings. The van der Waals surface area contributed by atoms with Crippen molar-refractivity contribution in [2.24, 2.45) is 0 Å². The maximum Gasteiger partial charge on any atom is 0.0782 e. The zero-order valence-electron chi connectivity index (χ0n) is 7.87. The van der Waals surface area contributed by atoms with Crippen LogP contribution in [0.5, 0.6) is 0 Å². The molecule has 0 aliphatic carbocycles. The summed E-state index contributed by atoms with van der Waals surface area (Å²) in [7, 11) is 0. The lowest BCUT2D eigenvalue weighted by Crippen LogP contribution is -1.93. The zero-order chi connectivity index (χ0) is 10.1. The maximum atomic E-state index is 9.62. The highest BCUT2D eigenvalue weighted by atomic mass is 35.5. The van der Waals surface area contributed by atoms with Gasteiger partial charge in [-0.1, -0.05) is 41.9 Å². The van der Waals surface area contributed by atoms with Crippen molar-refractivity contribution in [2.75, 3.05) is 0 Å². The van der Waals surface area contributed by atoms with E-state index >= 15 is 0 Å². The molecule has 0 bridgehead atoms. The number of rotatable bonds is 1. The first-order chi connectivity index (χ1) is 6.70. The Morgan fingerprint density at radius 1 is 1.14 bits per heavy atom. The second kappa shape index (κ2) is 3.60. The van der Waals surface area contributed by atoms with Gasteiger partial charge in [-0.2, -0.15) is 0 Å². The van der Waals surface area contributed by atoms with Crippen LogP contribution in [0, 0.1) is 0 Å². The van der Waals surface area contributed by atoms with Crippen molar-refractivity contribution in [1.82, 2.24) is 0 Å². The summed E-state index contributed by atoms with van der Waals surface area (Å²) in [5.74, 6) is 0. The predicted molar refractivity (Wildman–Crippen MR) is 59.6 cm³/mol. The van der Waals surface area contributed by atoms with Crippen molar-refractivity contribution < 1.29 is 5.11 Å². The molecule has 1 nitrogen and oxygen atoms in total. The van der Waals surface area contributed by atoms with E-state index in [1.165, 1.54) is 0 Å². The fourth-order valence-electron chi connectivity index (χ4n) is 1.69. The molecular weight excluding hydrogens is 196 g/mol. The molecule has 0 fully saturated rings. The molecule has 72 valence electrons. The van der Waals surface area contributed by atoms with Crippen LogP contribution in [0.25, 0.3) is 10.8 Å². The summed E-state index contributed by atoms with van der Waals surface area (Å²) < 4.78 is 0. The van der Waals surface area contributed by atoms with Gasteiger partial charge in [-0.15, -0.1) is 0 Å². The summed E-state index contributed by atoms with van der Waals surface area (Å²) in [6.45, 7) is 1.73. The third-order valence-electron chi connectivity index (χ3n) is 2.34. The normalized spacial score (nSPS) is 13.1. The second-order valence-electron chi connectivity index (χ2n) is 3.36. The van der Waals surface area contributed by atoms with E-state index in [1.54, 1.807) is 6.92 Å². The molecule has 0 unspecified atom stereocenters. The predicted octanol–water partition coefficient (Wildman–Crippen LogP) is 3.55. The number of halogens is 1. The Hall–Kier alpha value is -1.05. The number of hydrogen-bond acceptors (Lipinski definition) is 1. The van der Waals surface area contributed by atoms with E-state index in [4.69, 9.17) is 11.6 Å². The van der Waals surface area contributed by atoms with Crippen molar-refractivity contribution in [3.63, 3.8) is 0 Å². The van der Waals surface area contributed by atoms with Gasteiger partial charge in [0.25, 0.3) is 0 Å². The molecule has 2 heteroatoms. The first-order valence-electron chi connectivity index (χ1n) is 4.55. The van der Waals surface area contributed by atoms with Crippen molar-refractivity contribution in [3.05, 3.63) is 47.0 Å². The minimum atomic E-state index is -0.534. The van der Waals surface area contributed by atoms with Crippen LogP contribution >= 0.6 is 11.6 Å². The summed E-state index contributed by atoms with van der Waals surface area (Å²) in [5.41, 5.74) is 0.810. The highest BCUT2D eigenvalue weighted by Gasteiger charge is 2.10. The SMILES string of the molecule is C[C@H](O)c1c(Cl)ccc2ccccc12. The van der Waals surface area contributed by atoms with Crippen LogP contribution in [0.1, 0.15) is 18.6 Å². The molecule has 0 saturated carbocycles. The highest BCUT2D eigenvalue weighted by Crippen LogP contribution is 2.30. The molecule has 2 aromatic carbocycles. The quantitative estimate of drug-likeness (QED) is 0.757. The molecule has 2 rings (SSSR count). The Labute approximate surface area is 87.9 Å². The van der Waals surface area contributed by atoms with Crippen LogP contribution in [0.15, 0.2) is 36.4 Å². The first kappa shape index (κ1) is 9.50. The van der Waals surface area contributed by atoms with E-state index in [1.807, 2.05) is 36.4 Å². The average molecular weight is 207 g/mol. The van der Waals surface area contributed by atoms with Gasteiger partial charge >= 0.3 is 0 Å². The van der Waals surface area contributed by atoms with Gasteiger partial charge in [0.1, 0.15) is 0 Å². The summed E-state index contributed by atoms with van der Waals surface area (Å²) in [6, 6.07) is 11.7. The van der Waals surface area contributed by atoms with Crippen LogP contribution in [0.4, 0.5) is 0 Å². The van der Waals surface area contributed by atoms with Crippen molar-refractivity contribution in [3.8, 4) is 0 Å². The molecular formula is C12H11ClO. The Morgan fingerprint density at radius 3 is 2.57 bits per heavy atom. The molecule has 1 atom stereocenters. The van der Waals surface area contributed by atoms with Crippen LogP contribution in [-0.4, -0.2) is 5.11 Å². The van der Waals surface area contributed by atoms with Gasteiger partial charge in [0, 0.05) is 10.6 Å². The summed E-state index contributed by atoms with van der Waals surface area (Å²) in [4.78, 5) is 0. The molecule has 2 aromatic rings. The second-order valence-corrected chi connectivity index (χ2v) is 3.77. The largest absolute Gasteiger partial charge is 0.389 e. The van der Waals surface area contributed by atoms with E-state index in [9.17, 15) is 5.11 Å². The van der Waals surface area contributed by atoms with Gasteiger partial charge in [0.15, 0.2) is 0 Å². The van der Waals surface area contributed by atoms with Crippen LogP contribution in [0.2, 0.25) is 5.02 Å². The van der Waals surface area contributed by atoms with Gasteiger partial charge in [0.2, 0.25) is 0 Å². The lowest BCUT2D eigenvalue weighted by Gasteiger charge is -2.11. The van der Waals surface area contributed by atoms with Crippen molar-refractivity contribution >= 4 is 22.4 Å². The van der Waals surface area contributed by atoms with Gasteiger partial charge in [-0.3, -0.25) is 0 Å². The Balaban J connectivity index is 2.83. The maximum absolute atomic E-state index is 9.62. The van der Waals surface area contributed by atoms with E-state index in [0.717, 1.165) is 16.3 Å². The Morgan fingerprint density at radius 2 is 1.86 bits per heavy atom. The number of fused-ring (bicyclic) bond motifs is 1. The molecule has 0 amide bonds. The third kappa shape index (κ3) is 1.49. The average Bonchev–Trinajstić information content (AvgIpc) is 2.17. The van der Waals surface area contributed by atoms with Gasteiger partial charge in [0.05, 0.1) is 6.10 Å². The third-order valence-corrected chi connectivity index (χ3v) is 2.66. The Bertz CT molecular complexity index is 463. The molecule has 0 aliphatic heterocycles. The minimum Gasteiger partial charge on any atom is -0.389 e. The van der Waals surface area contributed by atoms with Crippen LogP contribution in [0.3, 0.4) is 0 Å². The molecule has 14 heavy (non-hydrogen) atoms. The van der Waals surface area contributed by atoms with E-state index in [2.05, 4.69) is 0 Å². The van der Waals surface area contributed by atoms with Crippen LogP contribution < -0.4 is 0 Å². The topological polar surface area (TPSA) is 20.2 Å². The summed E-state index contributed by atoms with van der Waals surface area (Å²) in [5, 5.41) is 12.4. The van der Waals surface area contributed by atoms with E-state index < -0.39 is 6.10 Å². The number of aliphatic hydroxyl groups excluding tert-OH is 1. The highest BCUT2D eigenvalue weighted by molar-refractivity contribution is 6.32. The van der Waals surface area contributed by atoms with Gasteiger partial charge in [-0.25, -0.2) is 0 Å². The van der Waals surface area contributed by atoms with Gasteiger partial charge < -0.3 is 5.11 Å². The summed E-state index contributed by atoms with van der Waals surface area (Å²) in [6.07, 6.45) is -0.534. The lowest BCUT2D eigenvalue weighted by molar-refractivity contribution is 0.201. The molecule has 1 N–H and O–H groups in total.